The fraction of sp³-hybridized carbons (Fsp3) is 1.00. The molecule has 15 heavy (non-hydrogen) atoms. The van der Waals surface area contributed by atoms with Crippen LogP contribution in [-0.4, -0.2) is 59.9 Å². The first kappa shape index (κ1) is 11.4. The second kappa shape index (κ2) is 4.80. The summed E-state index contributed by atoms with van der Waals surface area (Å²) in [6.45, 7) is 3.94. The van der Waals surface area contributed by atoms with Crippen molar-refractivity contribution < 1.29 is 4.21 Å². The lowest BCUT2D eigenvalue weighted by molar-refractivity contribution is 0.257. The van der Waals surface area contributed by atoms with E-state index in [4.69, 9.17) is 0 Å². The lowest BCUT2D eigenvalue weighted by Crippen LogP contribution is -2.38. The van der Waals surface area contributed by atoms with E-state index in [0.717, 1.165) is 50.5 Å². The molecule has 0 radical (unpaired) electrons. The van der Waals surface area contributed by atoms with Gasteiger partial charge in [-0.1, -0.05) is 0 Å². The molecule has 5 heteroatoms. The van der Waals surface area contributed by atoms with Gasteiger partial charge in [-0.15, -0.1) is 0 Å². The van der Waals surface area contributed by atoms with Crippen LogP contribution in [0.5, 0.6) is 0 Å². The Balaban J connectivity index is 1.99. The van der Waals surface area contributed by atoms with Crippen LogP contribution in [0.25, 0.3) is 0 Å². The standard InChI is InChI=1S/C10H21N3OS/c1-13-6-2-10(3-7-13)12-15(14)8-4-11-5-9-15/h10-11H,2-9H2,1H3. The minimum absolute atomic E-state index is 0.354. The zero-order chi connectivity index (χ0) is 10.7. The van der Waals surface area contributed by atoms with Gasteiger partial charge in [0.1, 0.15) is 0 Å². The monoisotopic (exact) mass is 231 g/mol. The molecular formula is C10H21N3OS. The second-order valence-corrected chi connectivity index (χ2v) is 7.14. The maximum Gasteiger partial charge on any atom is 0.0618 e. The number of nitrogens with one attached hydrogen (secondary N) is 1. The molecule has 0 aromatic heterocycles. The molecule has 0 saturated carbocycles. The third-order valence-electron chi connectivity index (χ3n) is 3.22. The van der Waals surface area contributed by atoms with Gasteiger partial charge in [0.2, 0.25) is 0 Å². The Morgan fingerprint density at radius 3 is 2.47 bits per heavy atom. The zero-order valence-corrected chi connectivity index (χ0v) is 10.3. The van der Waals surface area contributed by atoms with Crippen LogP contribution in [0.4, 0.5) is 0 Å². The average Bonchev–Trinajstić information content (AvgIpc) is 2.22. The number of likely N-dealkylation sites (tertiary alicyclic amines) is 1. The van der Waals surface area contributed by atoms with E-state index in [1.165, 1.54) is 0 Å². The summed E-state index contributed by atoms with van der Waals surface area (Å²) in [4.78, 5) is 2.32. The van der Waals surface area contributed by atoms with Crippen LogP contribution in [-0.2, 0) is 9.73 Å². The van der Waals surface area contributed by atoms with Gasteiger partial charge in [-0.25, -0.2) is 8.57 Å². The van der Waals surface area contributed by atoms with Crippen molar-refractivity contribution in [2.75, 3.05) is 44.7 Å². The Morgan fingerprint density at radius 1 is 1.27 bits per heavy atom. The molecule has 4 nitrogen and oxygen atoms in total. The summed E-state index contributed by atoms with van der Waals surface area (Å²) in [7, 11) is 0.276. The van der Waals surface area contributed by atoms with Gasteiger partial charge in [0, 0.05) is 34.3 Å². The molecule has 0 unspecified atom stereocenters. The fourth-order valence-electron chi connectivity index (χ4n) is 2.17. The van der Waals surface area contributed by atoms with Gasteiger partial charge in [0.15, 0.2) is 0 Å². The van der Waals surface area contributed by atoms with Gasteiger partial charge in [-0.2, -0.15) is 0 Å². The molecule has 88 valence electrons. The number of nitrogens with zero attached hydrogens (tertiary/aromatic N) is 2. The average molecular weight is 231 g/mol. The highest BCUT2D eigenvalue weighted by Gasteiger charge is 2.20. The maximum atomic E-state index is 12.3. The predicted molar refractivity (Wildman–Crippen MR) is 63.7 cm³/mol. The first-order chi connectivity index (χ1) is 7.18. The van der Waals surface area contributed by atoms with E-state index >= 15 is 0 Å². The third kappa shape index (κ3) is 3.16. The first-order valence-corrected chi connectivity index (χ1v) is 7.64. The normalized spacial score (nSPS) is 28.9. The lowest BCUT2D eigenvalue weighted by atomic mass is 10.1. The second-order valence-electron chi connectivity index (χ2n) is 4.57. The topological polar surface area (TPSA) is 44.7 Å². The van der Waals surface area contributed by atoms with Gasteiger partial charge < -0.3 is 10.2 Å². The Kier molecular flexibility index (Phi) is 3.64. The van der Waals surface area contributed by atoms with E-state index in [-0.39, 0.29) is 0 Å². The molecule has 2 rings (SSSR count). The largest absolute Gasteiger partial charge is 0.315 e. The molecule has 2 aliphatic heterocycles. The van der Waals surface area contributed by atoms with Crippen molar-refractivity contribution in [1.29, 1.82) is 0 Å². The Hall–Kier alpha value is -0.130. The molecule has 2 aliphatic rings. The first-order valence-electron chi connectivity index (χ1n) is 5.79. The summed E-state index contributed by atoms with van der Waals surface area (Å²) >= 11 is 0. The highest BCUT2D eigenvalue weighted by molar-refractivity contribution is 7.93. The molecule has 2 heterocycles. The van der Waals surface area contributed by atoms with E-state index in [1.807, 2.05) is 0 Å². The summed E-state index contributed by atoms with van der Waals surface area (Å²) in [5.74, 6) is 1.50. The van der Waals surface area contributed by atoms with Gasteiger partial charge in [-0.3, -0.25) is 0 Å². The zero-order valence-electron chi connectivity index (χ0n) is 9.45. The lowest BCUT2D eigenvalue weighted by Gasteiger charge is -2.28. The molecule has 0 bridgehead atoms. The van der Waals surface area contributed by atoms with Gasteiger partial charge in [0.05, 0.1) is 6.04 Å². The van der Waals surface area contributed by atoms with Crippen molar-refractivity contribution in [3.05, 3.63) is 0 Å². The molecule has 2 saturated heterocycles. The third-order valence-corrected chi connectivity index (χ3v) is 5.59. The van der Waals surface area contributed by atoms with Crippen LogP contribution in [0, 0.1) is 0 Å². The van der Waals surface area contributed by atoms with Crippen molar-refractivity contribution in [3.8, 4) is 0 Å². The number of piperidine rings is 1. The van der Waals surface area contributed by atoms with Crippen LogP contribution >= 0.6 is 0 Å². The van der Waals surface area contributed by atoms with Gasteiger partial charge in [0.25, 0.3) is 0 Å². The highest BCUT2D eigenvalue weighted by Crippen LogP contribution is 2.15. The van der Waals surface area contributed by atoms with Crippen LogP contribution in [0.1, 0.15) is 12.8 Å². The summed E-state index contributed by atoms with van der Waals surface area (Å²) in [5.41, 5.74) is 0. The van der Waals surface area contributed by atoms with Crippen molar-refractivity contribution in [2.45, 2.75) is 18.9 Å². The van der Waals surface area contributed by atoms with E-state index in [0.29, 0.717) is 6.04 Å². The van der Waals surface area contributed by atoms with Crippen molar-refractivity contribution >= 4 is 9.73 Å². The van der Waals surface area contributed by atoms with Crippen molar-refractivity contribution in [1.82, 2.24) is 10.2 Å². The van der Waals surface area contributed by atoms with Crippen LogP contribution in [0.3, 0.4) is 0 Å². The molecule has 0 atom stereocenters. The van der Waals surface area contributed by atoms with Crippen LogP contribution in [0.15, 0.2) is 4.36 Å². The minimum Gasteiger partial charge on any atom is -0.315 e. The Morgan fingerprint density at radius 2 is 1.87 bits per heavy atom. The highest BCUT2D eigenvalue weighted by atomic mass is 32.2. The van der Waals surface area contributed by atoms with Crippen molar-refractivity contribution in [3.63, 3.8) is 0 Å². The number of rotatable bonds is 1. The summed E-state index contributed by atoms with van der Waals surface area (Å²) in [6, 6.07) is 0.354. The molecule has 0 aliphatic carbocycles. The molecule has 1 N–H and O–H groups in total. The number of hydrogen-bond donors (Lipinski definition) is 1. The number of hydrogen-bond acceptors (Lipinski definition) is 4. The molecule has 0 spiro atoms. The molecule has 0 aromatic carbocycles. The molecule has 2 fully saturated rings. The van der Waals surface area contributed by atoms with Gasteiger partial charge >= 0.3 is 0 Å². The molecule has 0 aromatic rings. The quantitative estimate of drug-likeness (QED) is 0.699. The molecular weight excluding hydrogens is 210 g/mol. The van der Waals surface area contributed by atoms with Crippen LogP contribution in [0.2, 0.25) is 0 Å². The van der Waals surface area contributed by atoms with Gasteiger partial charge in [-0.05, 0) is 33.0 Å². The predicted octanol–water partition coefficient (Wildman–Crippen LogP) is 0.152. The van der Waals surface area contributed by atoms with E-state index in [1.54, 1.807) is 0 Å². The van der Waals surface area contributed by atoms with E-state index < -0.39 is 9.73 Å². The summed E-state index contributed by atoms with van der Waals surface area (Å²) in [5, 5.41) is 3.24. The van der Waals surface area contributed by atoms with E-state index in [2.05, 4.69) is 21.6 Å². The summed E-state index contributed by atoms with van der Waals surface area (Å²) < 4.78 is 17.0. The SMILES string of the molecule is CN1CCC(N=S2(=O)CCNCC2)CC1. The van der Waals surface area contributed by atoms with Crippen LogP contribution < -0.4 is 5.32 Å². The van der Waals surface area contributed by atoms with Crippen molar-refractivity contribution in [2.24, 2.45) is 4.36 Å². The maximum absolute atomic E-state index is 12.3. The summed E-state index contributed by atoms with van der Waals surface area (Å²) in [6.07, 6.45) is 2.17. The van der Waals surface area contributed by atoms with E-state index in [9.17, 15) is 4.21 Å². The smallest absolute Gasteiger partial charge is 0.0618 e. The minimum atomic E-state index is -1.86. The Bertz CT molecular complexity index is 303. The molecule has 0 amide bonds. The Labute approximate surface area is 92.6 Å². The fourth-order valence-corrected chi connectivity index (χ4v) is 4.26.